The van der Waals surface area contributed by atoms with Gasteiger partial charge >= 0.3 is 0 Å². The normalized spacial score (nSPS) is 11.0. The molecule has 0 aromatic rings. The minimum atomic E-state index is 1.06. The summed E-state index contributed by atoms with van der Waals surface area (Å²) in [5.74, 6) is 1.25. The highest BCUT2D eigenvalue weighted by Crippen LogP contribution is 1.99. The van der Waals surface area contributed by atoms with E-state index in [-0.39, 0.29) is 0 Å². The van der Waals surface area contributed by atoms with E-state index in [1.54, 1.807) is 0 Å². The second kappa shape index (κ2) is 9.09. The van der Waals surface area contributed by atoms with E-state index in [4.69, 9.17) is 0 Å². The van der Waals surface area contributed by atoms with Crippen molar-refractivity contribution in [3.63, 3.8) is 0 Å². The third-order valence-corrected chi connectivity index (χ3v) is 1.92. The van der Waals surface area contributed by atoms with Gasteiger partial charge < -0.3 is 0 Å². The highest BCUT2D eigenvalue weighted by Gasteiger charge is 1.79. The Kier molecular flexibility index (Phi) is 9.17. The molecule has 0 rings (SSSR count). The van der Waals surface area contributed by atoms with Gasteiger partial charge in [0.15, 0.2) is 0 Å². The van der Waals surface area contributed by atoms with Crippen molar-refractivity contribution < 1.29 is 0 Å². The van der Waals surface area contributed by atoms with Crippen molar-refractivity contribution in [2.45, 2.75) is 25.7 Å². The Labute approximate surface area is 69.1 Å². The smallest absolute Gasteiger partial charge is 0.00357 e. The lowest BCUT2D eigenvalue weighted by molar-refractivity contribution is 0.863. The molecule has 59 valence electrons. The number of unbranched alkanes of at least 4 members (excludes halogenated alkanes) is 2. The molecule has 0 saturated heterocycles. The first-order chi connectivity index (χ1) is 4.91. The van der Waals surface area contributed by atoms with Crippen molar-refractivity contribution in [3.05, 3.63) is 19.1 Å². The molecule has 0 N–H and O–H groups in total. The summed E-state index contributed by atoms with van der Waals surface area (Å²) >= 11 is 1.90. The summed E-state index contributed by atoms with van der Waals surface area (Å²) in [6.07, 6.45) is 11.4. The number of rotatable bonds is 6. The summed E-state index contributed by atoms with van der Waals surface area (Å²) < 4.78 is 0. The molecule has 0 bridgehead atoms. The molecule has 0 fully saturated rings. The van der Waals surface area contributed by atoms with Crippen LogP contribution in [0.1, 0.15) is 25.7 Å². The fourth-order valence-corrected chi connectivity index (χ4v) is 1.06. The Bertz CT molecular complexity index is 66.8. The van der Waals surface area contributed by atoms with Gasteiger partial charge in [0.25, 0.3) is 0 Å². The maximum Gasteiger partial charge on any atom is -0.00357 e. The van der Waals surface area contributed by atoms with Crippen LogP contribution in [0.3, 0.4) is 0 Å². The third-order valence-electron chi connectivity index (χ3n) is 1.28. The molecule has 0 aliphatic heterocycles. The van der Waals surface area contributed by atoms with Gasteiger partial charge in [0.1, 0.15) is 0 Å². The lowest BCUT2D eigenvalue weighted by Crippen LogP contribution is -1.72. The molecule has 0 aliphatic rings. The van der Waals surface area contributed by atoms with Crippen LogP contribution < -0.4 is 0 Å². The Morgan fingerprint density at radius 1 is 1.30 bits per heavy atom. The van der Waals surface area contributed by atoms with Crippen LogP contribution in [0.4, 0.5) is 0 Å². The fourth-order valence-electron chi connectivity index (χ4n) is 0.684. The van der Waals surface area contributed by atoms with Crippen LogP contribution in [0.25, 0.3) is 0 Å². The topological polar surface area (TPSA) is 0 Å². The van der Waals surface area contributed by atoms with Crippen molar-refractivity contribution in [1.82, 2.24) is 0 Å². The van der Waals surface area contributed by atoms with Gasteiger partial charge in [0.05, 0.1) is 0 Å². The average molecular weight is 157 g/mol. The predicted molar refractivity (Wildman–Crippen MR) is 51.3 cm³/mol. The van der Waals surface area contributed by atoms with Gasteiger partial charge in [0.2, 0.25) is 0 Å². The van der Waals surface area contributed by atoms with Crippen molar-refractivity contribution in [1.29, 1.82) is 0 Å². The highest BCUT2D eigenvalue weighted by atomic mass is 32.2. The average Bonchev–Trinajstić information content (AvgIpc) is 1.97. The maximum atomic E-state index is 3.78. The van der Waals surface area contributed by atoms with Gasteiger partial charge in [-0.15, -0.1) is 0 Å². The lowest BCUT2D eigenvalue weighted by Gasteiger charge is -1.89. The Morgan fingerprint density at radius 3 is 2.60 bits per heavy atom. The summed E-state index contributed by atoms with van der Waals surface area (Å²) in [5, 5.41) is 0. The molecule has 0 aliphatic carbocycles. The summed E-state index contributed by atoms with van der Waals surface area (Å²) in [7, 11) is 0. The van der Waals surface area contributed by atoms with Crippen LogP contribution in [0, 0.1) is 6.92 Å². The second-order valence-electron chi connectivity index (χ2n) is 2.25. The molecule has 0 atom stereocenters. The van der Waals surface area contributed by atoms with E-state index in [0.717, 1.165) is 6.42 Å². The van der Waals surface area contributed by atoms with Crippen molar-refractivity contribution in [2.75, 3.05) is 12.0 Å². The first kappa shape index (κ1) is 10.1. The number of hydrogen-bond donors (Lipinski definition) is 0. The molecule has 0 nitrogen and oxygen atoms in total. The summed E-state index contributed by atoms with van der Waals surface area (Å²) in [5.41, 5.74) is 0. The summed E-state index contributed by atoms with van der Waals surface area (Å²) in [4.78, 5) is 0. The van der Waals surface area contributed by atoms with Gasteiger partial charge in [-0.3, -0.25) is 0 Å². The molecule has 10 heavy (non-hydrogen) atoms. The maximum absolute atomic E-state index is 3.78. The van der Waals surface area contributed by atoms with Gasteiger partial charge in [-0.1, -0.05) is 25.5 Å². The molecule has 0 amide bonds. The highest BCUT2D eigenvalue weighted by molar-refractivity contribution is 7.98. The fraction of sp³-hybridized carbons (Fsp3) is 0.667. The quantitative estimate of drug-likeness (QED) is 0.421. The van der Waals surface area contributed by atoms with Crippen LogP contribution in [0.5, 0.6) is 0 Å². The number of hydrogen-bond acceptors (Lipinski definition) is 1. The molecular weight excluding hydrogens is 140 g/mol. The van der Waals surface area contributed by atoms with E-state index in [0.29, 0.717) is 0 Å². The largest absolute Gasteiger partial charge is 0.165 e. The van der Waals surface area contributed by atoms with Gasteiger partial charge in [0, 0.05) is 0 Å². The monoisotopic (exact) mass is 157 g/mol. The van der Waals surface area contributed by atoms with E-state index in [2.05, 4.69) is 25.3 Å². The zero-order valence-electron chi connectivity index (χ0n) is 6.81. The zero-order valence-corrected chi connectivity index (χ0v) is 7.62. The first-order valence-corrected chi connectivity index (χ1v) is 5.24. The van der Waals surface area contributed by atoms with Crippen molar-refractivity contribution >= 4 is 11.8 Å². The van der Waals surface area contributed by atoms with E-state index < -0.39 is 0 Å². The molecular formula is C9H17S. The minimum absolute atomic E-state index is 1.06. The first-order valence-electron chi connectivity index (χ1n) is 3.85. The Hall–Kier alpha value is 0.0900. The Morgan fingerprint density at radius 2 is 2.00 bits per heavy atom. The molecule has 0 aromatic carbocycles. The number of thioether (sulfide) groups is 1. The van der Waals surface area contributed by atoms with E-state index in [9.17, 15) is 0 Å². The van der Waals surface area contributed by atoms with Crippen LogP contribution in [0.15, 0.2) is 12.2 Å². The second-order valence-corrected chi connectivity index (χ2v) is 3.23. The molecule has 0 aromatic heterocycles. The van der Waals surface area contributed by atoms with Crippen molar-refractivity contribution in [2.24, 2.45) is 0 Å². The predicted octanol–water partition coefficient (Wildman–Crippen LogP) is 3.30. The Balaban J connectivity index is 2.89. The van der Waals surface area contributed by atoms with Crippen molar-refractivity contribution in [3.8, 4) is 0 Å². The van der Waals surface area contributed by atoms with E-state index in [1.165, 1.54) is 25.0 Å². The number of allylic oxidation sites excluding steroid dienone is 2. The molecule has 0 saturated carbocycles. The third kappa shape index (κ3) is 8.09. The lowest BCUT2D eigenvalue weighted by atomic mass is 10.2. The standard InChI is InChI=1S/C9H17S/c1-3-4-5-6-7-8-9-10-2/h6-7H,1,3-5,8-9H2,2H3/b7-6+. The van der Waals surface area contributed by atoms with Crippen LogP contribution in [0.2, 0.25) is 0 Å². The van der Waals surface area contributed by atoms with Crippen LogP contribution in [-0.4, -0.2) is 12.0 Å². The zero-order chi connectivity index (χ0) is 7.66. The molecule has 1 heteroatoms. The minimum Gasteiger partial charge on any atom is -0.165 e. The molecule has 0 unspecified atom stereocenters. The van der Waals surface area contributed by atoms with Crippen LogP contribution in [-0.2, 0) is 0 Å². The van der Waals surface area contributed by atoms with Gasteiger partial charge in [-0.2, -0.15) is 11.8 Å². The molecule has 0 spiro atoms. The summed E-state index contributed by atoms with van der Waals surface area (Å²) in [6, 6.07) is 0. The molecule has 1 radical (unpaired) electrons. The summed E-state index contributed by atoms with van der Waals surface area (Å²) in [6.45, 7) is 3.78. The van der Waals surface area contributed by atoms with Crippen LogP contribution >= 0.6 is 11.8 Å². The molecule has 0 heterocycles. The van der Waals surface area contributed by atoms with E-state index in [1.807, 2.05) is 11.8 Å². The van der Waals surface area contributed by atoms with E-state index >= 15 is 0 Å². The van der Waals surface area contributed by atoms with Gasteiger partial charge in [-0.25, -0.2) is 0 Å². The van der Waals surface area contributed by atoms with Gasteiger partial charge in [-0.05, 0) is 31.3 Å². The SMILES string of the molecule is [CH2]CCC/C=C/CCSC.